The lowest BCUT2D eigenvalue weighted by Gasteiger charge is -2.35. The number of nitrogens with zero attached hydrogens (tertiary/aromatic N) is 3. The van der Waals surface area contributed by atoms with E-state index in [-0.39, 0.29) is 28.6 Å². The highest BCUT2D eigenvalue weighted by Gasteiger charge is 2.34. The van der Waals surface area contributed by atoms with Crippen molar-refractivity contribution in [3.8, 4) is 0 Å². The summed E-state index contributed by atoms with van der Waals surface area (Å²) in [5, 5.41) is 0. The number of ketones is 1. The fraction of sp³-hybridized carbons (Fsp3) is 0.667. The van der Waals surface area contributed by atoms with E-state index >= 15 is 0 Å². The number of carbonyl (C=O) groups is 3. The van der Waals surface area contributed by atoms with Gasteiger partial charge in [-0.1, -0.05) is 26.7 Å². The number of aromatic nitrogens is 1. The van der Waals surface area contributed by atoms with Crippen LogP contribution in [0, 0.1) is 5.41 Å². The highest BCUT2D eigenvalue weighted by atomic mass is 16.2. The molecule has 2 saturated heterocycles. The van der Waals surface area contributed by atoms with Gasteiger partial charge in [-0.3, -0.25) is 24.1 Å². The summed E-state index contributed by atoms with van der Waals surface area (Å²) in [5.74, 6) is -0.206. The largest absolute Gasteiger partial charge is 0.342 e. The van der Waals surface area contributed by atoms with Gasteiger partial charge in [-0.15, -0.1) is 0 Å². The molecule has 2 fully saturated rings. The Hall–Kier alpha value is -2.48. The van der Waals surface area contributed by atoms with Crippen LogP contribution >= 0.6 is 0 Å². The molecule has 2 amide bonds. The van der Waals surface area contributed by atoms with Crippen molar-refractivity contribution in [2.45, 2.75) is 52.4 Å². The fourth-order valence-corrected chi connectivity index (χ4v) is 5.08. The standard InChI is InChI=1S/C24H34N4O4/c1-24(2)14-19-17(20(29)15-24)13-18(22(31)25-19)23(32)28-11-9-26(10-12-28)16-21(30)27-7-5-3-4-6-8-27/h13H,3-12,14-16H2,1-2H3,(H,25,31). The van der Waals surface area contributed by atoms with Crippen LogP contribution in [-0.4, -0.2) is 83.1 Å². The van der Waals surface area contributed by atoms with Crippen LogP contribution in [0.1, 0.15) is 72.4 Å². The summed E-state index contributed by atoms with van der Waals surface area (Å²) < 4.78 is 0. The monoisotopic (exact) mass is 442 g/mol. The number of fused-ring (bicyclic) bond motifs is 1. The molecule has 0 radical (unpaired) electrons. The summed E-state index contributed by atoms with van der Waals surface area (Å²) in [7, 11) is 0. The normalized spacial score (nSPS) is 21.8. The molecule has 0 bridgehead atoms. The van der Waals surface area contributed by atoms with Crippen molar-refractivity contribution in [2.24, 2.45) is 5.41 Å². The van der Waals surface area contributed by atoms with E-state index in [4.69, 9.17) is 0 Å². The second-order valence-electron chi connectivity index (χ2n) is 10.2. The lowest BCUT2D eigenvalue weighted by Crippen LogP contribution is -2.52. The van der Waals surface area contributed by atoms with Crippen LogP contribution in [0.2, 0.25) is 0 Å². The zero-order chi connectivity index (χ0) is 22.9. The molecule has 2 aliphatic heterocycles. The Labute approximate surface area is 188 Å². The molecule has 1 N–H and O–H groups in total. The van der Waals surface area contributed by atoms with Crippen molar-refractivity contribution in [1.82, 2.24) is 19.7 Å². The molecule has 32 heavy (non-hydrogen) atoms. The molecule has 0 unspecified atom stereocenters. The van der Waals surface area contributed by atoms with Gasteiger partial charge in [0.1, 0.15) is 5.56 Å². The Morgan fingerprint density at radius 3 is 2.22 bits per heavy atom. The van der Waals surface area contributed by atoms with E-state index in [0.29, 0.717) is 56.8 Å². The number of H-pyrrole nitrogens is 1. The summed E-state index contributed by atoms with van der Waals surface area (Å²) >= 11 is 0. The number of likely N-dealkylation sites (tertiary alicyclic amines) is 1. The Bertz CT molecular complexity index is 951. The number of hydrogen-bond donors (Lipinski definition) is 1. The molecular formula is C24H34N4O4. The molecule has 1 aliphatic carbocycles. The molecule has 3 heterocycles. The molecule has 4 rings (SSSR count). The highest BCUT2D eigenvalue weighted by molar-refractivity contribution is 6.02. The number of piperazine rings is 1. The molecule has 8 heteroatoms. The van der Waals surface area contributed by atoms with Gasteiger partial charge < -0.3 is 14.8 Å². The van der Waals surface area contributed by atoms with Crippen LogP contribution in [0.5, 0.6) is 0 Å². The molecule has 3 aliphatic rings. The van der Waals surface area contributed by atoms with Crippen LogP contribution in [0.4, 0.5) is 0 Å². The smallest absolute Gasteiger partial charge is 0.261 e. The lowest BCUT2D eigenvalue weighted by molar-refractivity contribution is -0.132. The van der Waals surface area contributed by atoms with E-state index in [1.54, 1.807) is 4.90 Å². The SMILES string of the molecule is CC1(C)CC(=O)c2cc(C(=O)N3CCN(CC(=O)N4CCCCCC4)CC3)c(=O)[nH]c2C1. The predicted octanol–water partition coefficient (Wildman–Crippen LogP) is 1.69. The van der Waals surface area contributed by atoms with Gasteiger partial charge in [-0.25, -0.2) is 0 Å². The number of amides is 2. The average Bonchev–Trinajstić information content (AvgIpc) is 3.02. The third-order valence-electron chi connectivity index (χ3n) is 6.93. The van der Waals surface area contributed by atoms with Crippen molar-refractivity contribution in [1.29, 1.82) is 0 Å². The van der Waals surface area contributed by atoms with Gasteiger partial charge in [0.2, 0.25) is 5.91 Å². The van der Waals surface area contributed by atoms with Gasteiger partial charge in [-0.05, 0) is 30.7 Å². The number of rotatable bonds is 3. The van der Waals surface area contributed by atoms with Crippen molar-refractivity contribution < 1.29 is 14.4 Å². The third-order valence-corrected chi connectivity index (χ3v) is 6.93. The van der Waals surface area contributed by atoms with E-state index < -0.39 is 5.56 Å². The van der Waals surface area contributed by atoms with Crippen LogP contribution in [0.25, 0.3) is 0 Å². The summed E-state index contributed by atoms with van der Waals surface area (Å²) in [6, 6.07) is 1.49. The predicted molar refractivity (Wildman–Crippen MR) is 121 cm³/mol. The van der Waals surface area contributed by atoms with E-state index in [2.05, 4.69) is 9.88 Å². The van der Waals surface area contributed by atoms with Crippen LogP contribution in [0.3, 0.4) is 0 Å². The molecule has 174 valence electrons. The van der Waals surface area contributed by atoms with Gasteiger partial charge in [0.25, 0.3) is 11.5 Å². The van der Waals surface area contributed by atoms with Crippen molar-refractivity contribution in [2.75, 3.05) is 45.8 Å². The maximum atomic E-state index is 13.1. The van der Waals surface area contributed by atoms with Crippen molar-refractivity contribution in [3.05, 3.63) is 33.2 Å². The van der Waals surface area contributed by atoms with E-state index in [9.17, 15) is 19.2 Å². The zero-order valence-corrected chi connectivity index (χ0v) is 19.2. The second kappa shape index (κ2) is 9.17. The van der Waals surface area contributed by atoms with E-state index in [1.165, 1.54) is 18.9 Å². The fourth-order valence-electron chi connectivity index (χ4n) is 5.08. The van der Waals surface area contributed by atoms with Crippen molar-refractivity contribution >= 4 is 17.6 Å². The molecule has 8 nitrogen and oxygen atoms in total. The van der Waals surface area contributed by atoms with E-state index in [1.807, 2.05) is 18.7 Å². The van der Waals surface area contributed by atoms with Gasteiger partial charge in [0.05, 0.1) is 6.54 Å². The topological polar surface area (TPSA) is 93.8 Å². The Kier molecular flexibility index (Phi) is 6.51. The Morgan fingerprint density at radius 2 is 1.56 bits per heavy atom. The lowest BCUT2D eigenvalue weighted by atomic mass is 9.75. The minimum atomic E-state index is -0.432. The zero-order valence-electron chi connectivity index (χ0n) is 19.2. The van der Waals surface area contributed by atoms with Crippen LogP contribution in [0.15, 0.2) is 10.9 Å². The molecule has 0 atom stereocenters. The van der Waals surface area contributed by atoms with Crippen LogP contribution in [-0.2, 0) is 11.2 Å². The first-order chi connectivity index (χ1) is 15.2. The maximum absolute atomic E-state index is 13.1. The third kappa shape index (κ3) is 4.95. The number of hydrogen-bond acceptors (Lipinski definition) is 5. The van der Waals surface area contributed by atoms with Gasteiger partial charge in [0.15, 0.2) is 5.78 Å². The summed E-state index contributed by atoms with van der Waals surface area (Å²) in [4.78, 5) is 59.4. The molecule has 1 aromatic rings. The first kappa shape index (κ1) is 22.7. The number of carbonyl (C=O) groups excluding carboxylic acids is 3. The first-order valence-corrected chi connectivity index (χ1v) is 11.8. The molecule has 0 aromatic carbocycles. The van der Waals surface area contributed by atoms with Gasteiger partial charge in [-0.2, -0.15) is 0 Å². The molecule has 0 spiro atoms. The molecule has 1 aromatic heterocycles. The van der Waals surface area contributed by atoms with Crippen LogP contribution < -0.4 is 5.56 Å². The average molecular weight is 443 g/mol. The summed E-state index contributed by atoms with van der Waals surface area (Å²) in [6.45, 7) is 8.19. The molecular weight excluding hydrogens is 408 g/mol. The van der Waals surface area contributed by atoms with Gasteiger partial charge >= 0.3 is 0 Å². The Balaban J connectivity index is 1.37. The minimum Gasteiger partial charge on any atom is -0.342 e. The summed E-state index contributed by atoms with van der Waals surface area (Å²) in [5.41, 5.74) is 0.502. The summed E-state index contributed by atoms with van der Waals surface area (Å²) in [6.07, 6.45) is 5.54. The number of pyridine rings is 1. The highest BCUT2D eigenvalue weighted by Crippen LogP contribution is 2.33. The van der Waals surface area contributed by atoms with E-state index in [0.717, 1.165) is 25.9 Å². The number of nitrogens with one attached hydrogen (secondary N) is 1. The molecule has 0 saturated carbocycles. The quantitative estimate of drug-likeness (QED) is 0.769. The van der Waals surface area contributed by atoms with Gasteiger partial charge in [0, 0.05) is 56.9 Å². The minimum absolute atomic E-state index is 0.0293. The number of aromatic amines is 1. The second-order valence-corrected chi connectivity index (χ2v) is 10.2. The maximum Gasteiger partial charge on any atom is 0.261 e. The first-order valence-electron chi connectivity index (χ1n) is 11.8. The number of Topliss-reactive ketones (excluding diaryl/α,β-unsaturated/α-hetero) is 1. The van der Waals surface area contributed by atoms with Crippen molar-refractivity contribution in [3.63, 3.8) is 0 Å². The Morgan fingerprint density at radius 1 is 0.906 bits per heavy atom.